The topological polar surface area (TPSA) is 140 Å². The van der Waals surface area contributed by atoms with Gasteiger partial charge in [-0.3, -0.25) is 14.5 Å². The number of imide groups is 1. The van der Waals surface area contributed by atoms with Gasteiger partial charge in [-0.2, -0.15) is 9.61 Å². The predicted molar refractivity (Wildman–Crippen MR) is 112 cm³/mol. The molecule has 32 heavy (non-hydrogen) atoms. The molecule has 1 saturated heterocycles. The normalized spacial score (nSPS) is 18.5. The Balaban J connectivity index is 1.46. The number of aryl methyl sites for hydroxylation is 1. The summed E-state index contributed by atoms with van der Waals surface area (Å²) < 4.78 is 2.69. The number of hydrogen-bond acceptors (Lipinski definition) is 9. The predicted octanol–water partition coefficient (Wildman–Crippen LogP) is 0.656. The van der Waals surface area contributed by atoms with Gasteiger partial charge < -0.3 is 5.32 Å². The zero-order valence-electron chi connectivity index (χ0n) is 17.1. The average Bonchev–Trinajstić information content (AvgIpc) is 3.50. The zero-order valence-corrected chi connectivity index (χ0v) is 17.9. The van der Waals surface area contributed by atoms with Gasteiger partial charge in [-0.1, -0.05) is 30.4 Å². The smallest absolute Gasteiger partial charge is 0.319 e. The van der Waals surface area contributed by atoms with Crippen LogP contribution in [-0.4, -0.2) is 51.6 Å². The van der Waals surface area contributed by atoms with E-state index in [4.69, 9.17) is 0 Å². The minimum absolute atomic E-state index is 0.127. The third-order valence-electron chi connectivity index (χ3n) is 5.27. The van der Waals surface area contributed by atoms with E-state index < -0.39 is 17.5 Å². The van der Waals surface area contributed by atoms with Crippen molar-refractivity contribution in [1.82, 2.24) is 45.0 Å². The van der Waals surface area contributed by atoms with E-state index in [1.807, 2.05) is 6.92 Å². The fourth-order valence-electron chi connectivity index (χ4n) is 3.56. The lowest BCUT2D eigenvalue weighted by molar-refractivity contribution is -0.131. The third-order valence-corrected chi connectivity index (χ3v) is 6.33. The summed E-state index contributed by atoms with van der Waals surface area (Å²) in [4.78, 5) is 44.4. The lowest BCUT2D eigenvalue weighted by atomic mass is 9.91. The molecule has 4 heterocycles. The van der Waals surface area contributed by atoms with Gasteiger partial charge >= 0.3 is 6.03 Å². The van der Waals surface area contributed by atoms with Crippen LogP contribution in [0.1, 0.15) is 30.1 Å². The number of fused-ring (bicyclic) bond motifs is 1. The van der Waals surface area contributed by atoms with Gasteiger partial charge in [-0.25, -0.2) is 14.5 Å². The SMILES string of the molecule is CCc1nn2c(=O)cc(CN3C(=O)N[C@@](C)(c4cccc(-n5cnnn5)c4)C3=O)nc2s1. The molecule has 13 heteroatoms. The summed E-state index contributed by atoms with van der Waals surface area (Å²) >= 11 is 1.30. The number of nitrogens with one attached hydrogen (secondary N) is 1. The fourth-order valence-corrected chi connectivity index (χ4v) is 4.41. The van der Waals surface area contributed by atoms with Crippen LogP contribution in [0.2, 0.25) is 0 Å². The molecule has 0 radical (unpaired) electrons. The Morgan fingerprint density at radius 3 is 2.78 bits per heavy atom. The molecule has 0 aliphatic carbocycles. The van der Waals surface area contributed by atoms with Gasteiger partial charge in [0.25, 0.3) is 11.5 Å². The van der Waals surface area contributed by atoms with Crippen LogP contribution in [0, 0.1) is 0 Å². The maximum atomic E-state index is 13.3. The molecule has 12 nitrogen and oxygen atoms in total. The monoisotopic (exact) mass is 451 g/mol. The van der Waals surface area contributed by atoms with Gasteiger partial charge in [-0.05, 0) is 41.5 Å². The highest BCUT2D eigenvalue weighted by Crippen LogP contribution is 2.30. The Kier molecular flexibility index (Phi) is 4.55. The van der Waals surface area contributed by atoms with Crippen molar-refractivity contribution in [2.75, 3.05) is 0 Å². The molecule has 1 aliphatic heterocycles. The van der Waals surface area contributed by atoms with Crippen molar-refractivity contribution in [3.8, 4) is 5.69 Å². The molecule has 1 N–H and O–H groups in total. The van der Waals surface area contributed by atoms with Crippen molar-refractivity contribution in [3.05, 3.63) is 63.3 Å². The third kappa shape index (κ3) is 3.13. The maximum absolute atomic E-state index is 13.3. The molecule has 1 atom stereocenters. The molecule has 0 unspecified atom stereocenters. The molecule has 3 aromatic heterocycles. The standard InChI is InChI=1S/C19H17N9O3S/c1-3-14-23-28-15(29)8-12(21-18(28)32-14)9-26-16(30)19(2,22-17(26)31)11-5-4-6-13(7-11)27-10-20-24-25-27/h4-8,10H,3,9H2,1-2H3,(H,22,31)/t19-/m0/s1. The maximum Gasteiger partial charge on any atom is 0.325 e. The molecule has 162 valence electrons. The lowest BCUT2D eigenvalue weighted by Crippen LogP contribution is -2.41. The van der Waals surface area contributed by atoms with Crippen molar-refractivity contribution in [1.29, 1.82) is 0 Å². The number of amides is 3. The van der Waals surface area contributed by atoms with Crippen LogP contribution >= 0.6 is 11.3 Å². The van der Waals surface area contributed by atoms with Gasteiger partial charge in [0, 0.05) is 6.07 Å². The molecule has 1 fully saturated rings. The van der Waals surface area contributed by atoms with E-state index in [2.05, 4.69) is 30.9 Å². The molecular formula is C19H17N9O3S. The van der Waals surface area contributed by atoms with Crippen LogP contribution in [0.25, 0.3) is 10.6 Å². The molecule has 1 aromatic carbocycles. The first-order valence-corrected chi connectivity index (χ1v) is 10.6. The largest absolute Gasteiger partial charge is 0.325 e. The molecule has 4 aromatic rings. The van der Waals surface area contributed by atoms with Gasteiger partial charge in [0.15, 0.2) is 0 Å². The van der Waals surface area contributed by atoms with Gasteiger partial charge in [0.1, 0.15) is 16.9 Å². The number of nitrogens with zero attached hydrogens (tertiary/aromatic N) is 8. The van der Waals surface area contributed by atoms with Gasteiger partial charge in [0.2, 0.25) is 4.96 Å². The van der Waals surface area contributed by atoms with Crippen molar-refractivity contribution >= 4 is 28.2 Å². The van der Waals surface area contributed by atoms with Gasteiger partial charge in [0.05, 0.1) is 17.9 Å². The van der Waals surface area contributed by atoms with Crippen LogP contribution < -0.4 is 10.9 Å². The molecule has 3 amide bonds. The van der Waals surface area contributed by atoms with Crippen LogP contribution in [0.3, 0.4) is 0 Å². The summed E-state index contributed by atoms with van der Waals surface area (Å²) in [5.41, 5.74) is -0.113. The molecule has 5 rings (SSSR count). The Hall–Kier alpha value is -4.00. The summed E-state index contributed by atoms with van der Waals surface area (Å²) in [7, 11) is 0. The Labute approximate surface area is 184 Å². The van der Waals surface area contributed by atoms with E-state index in [0.717, 1.165) is 9.91 Å². The second-order valence-electron chi connectivity index (χ2n) is 7.38. The summed E-state index contributed by atoms with van der Waals surface area (Å²) in [6.07, 6.45) is 2.12. The van der Waals surface area contributed by atoms with Crippen LogP contribution in [-0.2, 0) is 23.3 Å². The van der Waals surface area contributed by atoms with Crippen molar-refractivity contribution < 1.29 is 9.59 Å². The van der Waals surface area contributed by atoms with Crippen molar-refractivity contribution in [3.63, 3.8) is 0 Å². The number of carbonyl (C=O) groups is 2. The lowest BCUT2D eigenvalue weighted by Gasteiger charge is -2.22. The number of benzene rings is 1. The highest BCUT2D eigenvalue weighted by atomic mass is 32.1. The first kappa shape index (κ1) is 19.9. The average molecular weight is 451 g/mol. The highest BCUT2D eigenvalue weighted by molar-refractivity contribution is 7.16. The van der Waals surface area contributed by atoms with Crippen molar-refractivity contribution in [2.45, 2.75) is 32.4 Å². The van der Waals surface area contributed by atoms with E-state index >= 15 is 0 Å². The number of urea groups is 1. The second-order valence-corrected chi connectivity index (χ2v) is 8.42. The number of tetrazole rings is 1. The van der Waals surface area contributed by atoms with E-state index in [-0.39, 0.29) is 12.1 Å². The first-order chi connectivity index (χ1) is 15.4. The Bertz CT molecular complexity index is 1410. The molecule has 1 aliphatic rings. The Morgan fingerprint density at radius 2 is 2.03 bits per heavy atom. The Morgan fingerprint density at radius 1 is 1.19 bits per heavy atom. The summed E-state index contributed by atoms with van der Waals surface area (Å²) in [5.74, 6) is -0.447. The number of hydrogen-bond donors (Lipinski definition) is 1. The van der Waals surface area contributed by atoms with E-state index in [1.165, 1.54) is 32.9 Å². The van der Waals surface area contributed by atoms with Crippen molar-refractivity contribution in [2.24, 2.45) is 0 Å². The van der Waals surface area contributed by atoms with Gasteiger partial charge in [-0.15, -0.1) is 5.10 Å². The first-order valence-electron chi connectivity index (χ1n) is 9.76. The minimum Gasteiger partial charge on any atom is -0.319 e. The molecule has 0 saturated carbocycles. The van der Waals surface area contributed by atoms with E-state index in [0.29, 0.717) is 28.3 Å². The number of rotatable bonds is 5. The second kappa shape index (κ2) is 7.30. The van der Waals surface area contributed by atoms with Crippen LogP contribution in [0.5, 0.6) is 0 Å². The fraction of sp³-hybridized carbons (Fsp3) is 0.263. The summed E-state index contributed by atoms with van der Waals surface area (Å²) in [6, 6.07) is 7.75. The van der Waals surface area contributed by atoms with E-state index in [1.54, 1.807) is 31.2 Å². The zero-order chi connectivity index (χ0) is 22.5. The highest BCUT2D eigenvalue weighted by Gasteiger charge is 2.49. The van der Waals surface area contributed by atoms with E-state index in [9.17, 15) is 14.4 Å². The molecule has 0 spiro atoms. The minimum atomic E-state index is -1.29. The van der Waals surface area contributed by atoms with Crippen LogP contribution in [0.15, 0.2) is 41.5 Å². The van der Waals surface area contributed by atoms with Crippen LogP contribution in [0.4, 0.5) is 4.79 Å². The summed E-state index contributed by atoms with van der Waals surface area (Å²) in [6.45, 7) is 3.44. The molecular weight excluding hydrogens is 434 g/mol. The number of aromatic nitrogens is 7. The molecule has 0 bridgehead atoms. The number of carbonyl (C=O) groups excluding carboxylic acids is 2. The summed E-state index contributed by atoms with van der Waals surface area (Å²) in [5, 5.41) is 18.8. The quantitative estimate of drug-likeness (QED) is 0.436.